The summed E-state index contributed by atoms with van der Waals surface area (Å²) in [6.07, 6.45) is 39.7. The van der Waals surface area contributed by atoms with E-state index in [1.165, 1.54) is 77.0 Å². The first-order valence-electron chi connectivity index (χ1n) is 23.7. The number of esters is 2. The van der Waals surface area contributed by atoms with Crippen LogP contribution in [-0.2, 0) is 28.5 Å². The summed E-state index contributed by atoms with van der Waals surface area (Å²) in [6.45, 7) is 3.33. The number of ether oxygens (including phenoxy) is 4. The van der Waals surface area contributed by atoms with E-state index < -0.39 is 55.4 Å². The summed E-state index contributed by atoms with van der Waals surface area (Å²) in [5, 5.41) is 40.1. The van der Waals surface area contributed by atoms with E-state index in [-0.39, 0.29) is 26.1 Å². The molecule has 0 amide bonds. The third kappa shape index (κ3) is 31.2. The van der Waals surface area contributed by atoms with Gasteiger partial charge in [-0.1, -0.05) is 159 Å². The largest absolute Gasteiger partial charge is 0.462 e. The van der Waals surface area contributed by atoms with Gasteiger partial charge in [0.25, 0.3) is 0 Å². The number of hydrogen-bond donors (Lipinski definition) is 4. The second-order valence-corrected chi connectivity index (χ2v) is 16.2. The van der Waals surface area contributed by atoms with Crippen molar-refractivity contribution in [3.63, 3.8) is 0 Å². The van der Waals surface area contributed by atoms with Crippen LogP contribution in [0, 0.1) is 0 Å². The number of aliphatic hydroxyl groups is 4. The van der Waals surface area contributed by atoms with Crippen molar-refractivity contribution in [3.8, 4) is 0 Å². The first-order valence-corrected chi connectivity index (χ1v) is 23.7. The predicted octanol–water partition coefficient (Wildman–Crippen LogP) is 10.4. The molecule has 1 aliphatic rings. The van der Waals surface area contributed by atoms with Gasteiger partial charge in [-0.25, -0.2) is 0 Å². The zero-order valence-electron chi connectivity index (χ0n) is 37.2. The van der Waals surface area contributed by atoms with Gasteiger partial charge in [-0.2, -0.15) is 0 Å². The molecule has 4 N–H and O–H groups in total. The molecule has 0 aromatic carbocycles. The fourth-order valence-corrected chi connectivity index (χ4v) is 6.90. The fraction of sp³-hybridized carbons (Fsp3) is 0.796. The number of allylic oxidation sites excluding steroid dienone is 8. The summed E-state index contributed by atoms with van der Waals surface area (Å²) >= 11 is 0. The standard InChI is InChI=1S/C49H86O10/c1-3-5-7-9-11-13-15-17-18-19-20-21-22-23-24-26-28-30-32-34-36-38-45(52)58-42(41-57-49-48(55)47(54)46(53)43(39-50)59-49)40-56-44(51)37-35-33-31-29-27-25-16-14-12-10-8-6-4-2/h8,10,14-17,19-20,42-43,46-50,53-55H,3-7,9,11-13,18,21-41H2,1-2H3/b10-8-,16-14-,17-15-,20-19-. The van der Waals surface area contributed by atoms with Gasteiger partial charge >= 0.3 is 11.9 Å². The van der Waals surface area contributed by atoms with Crippen LogP contribution in [0.25, 0.3) is 0 Å². The Balaban J connectivity index is 2.29. The van der Waals surface area contributed by atoms with Crippen LogP contribution in [0.3, 0.4) is 0 Å². The van der Waals surface area contributed by atoms with Gasteiger partial charge in [-0.3, -0.25) is 9.59 Å². The first-order chi connectivity index (χ1) is 28.8. The second-order valence-electron chi connectivity index (χ2n) is 16.2. The van der Waals surface area contributed by atoms with Gasteiger partial charge in [0.1, 0.15) is 31.0 Å². The van der Waals surface area contributed by atoms with Crippen LogP contribution < -0.4 is 0 Å². The van der Waals surface area contributed by atoms with Gasteiger partial charge in [0.2, 0.25) is 0 Å². The number of carbonyl (C=O) groups is 2. The number of unbranched alkanes of at least 4 members (excludes halogenated alkanes) is 20. The average molecular weight is 835 g/mol. The summed E-state index contributed by atoms with van der Waals surface area (Å²) < 4.78 is 22.2. The van der Waals surface area contributed by atoms with Gasteiger partial charge in [0.05, 0.1) is 13.2 Å². The zero-order chi connectivity index (χ0) is 43.0. The SMILES string of the molecule is CCC/C=C\C/C=C\CCCCCCCC(=O)OCC(COC1OC(CO)C(O)C(O)C1O)OC(=O)CCCCCCCCCCC/C=C\C/C=C\CCCCCCC. The Kier molecular flexibility index (Phi) is 36.9. The Morgan fingerprint density at radius 3 is 1.47 bits per heavy atom. The minimum Gasteiger partial charge on any atom is -0.462 e. The third-order valence-electron chi connectivity index (χ3n) is 10.7. The quantitative estimate of drug-likeness (QED) is 0.0267. The lowest BCUT2D eigenvalue weighted by molar-refractivity contribution is -0.305. The lowest BCUT2D eigenvalue weighted by Gasteiger charge is -2.39. The monoisotopic (exact) mass is 835 g/mol. The molecule has 10 nitrogen and oxygen atoms in total. The van der Waals surface area contributed by atoms with E-state index in [9.17, 15) is 30.0 Å². The fourth-order valence-electron chi connectivity index (χ4n) is 6.90. The van der Waals surface area contributed by atoms with Gasteiger partial charge in [0.15, 0.2) is 12.4 Å². The molecule has 0 bridgehead atoms. The number of rotatable bonds is 39. The highest BCUT2D eigenvalue weighted by Crippen LogP contribution is 2.23. The van der Waals surface area contributed by atoms with Crippen molar-refractivity contribution >= 4 is 11.9 Å². The topological polar surface area (TPSA) is 152 Å². The number of hydrogen-bond acceptors (Lipinski definition) is 10. The molecule has 59 heavy (non-hydrogen) atoms. The van der Waals surface area contributed by atoms with Crippen molar-refractivity contribution in [3.05, 3.63) is 48.6 Å². The minimum atomic E-state index is -1.60. The number of carbonyl (C=O) groups excluding carboxylic acids is 2. The molecule has 1 rings (SSSR count). The molecule has 342 valence electrons. The smallest absolute Gasteiger partial charge is 0.306 e. The summed E-state index contributed by atoms with van der Waals surface area (Å²) in [7, 11) is 0. The van der Waals surface area contributed by atoms with Crippen LogP contribution in [0.5, 0.6) is 0 Å². The summed E-state index contributed by atoms with van der Waals surface area (Å²) in [6, 6.07) is 0. The molecule has 0 aromatic rings. The van der Waals surface area contributed by atoms with E-state index in [0.717, 1.165) is 77.0 Å². The van der Waals surface area contributed by atoms with E-state index in [2.05, 4.69) is 62.5 Å². The molecular formula is C49H86O10. The molecule has 0 aliphatic carbocycles. The van der Waals surface area contributed by atoms with Crippen LogP contribution in [-0.4, -0.2) is 89.0 Å². The summed E-state index contributed by atoms with van der Waals surface area (Å²) in [5.74, 6) is -0.828. The van der Waals surface area contributed by atoms with Crippen molar-refractivity contribution in [2.24, 2.45) is 0 Å². The van der Waals surface area contributed by atoms with Crippen LogP contribution in [0.15, 0.2) is 48.6 Å². The van der Waals surface area contributed by atoms with Crippen LogP contribution in [0.2, 0.25) is 0 Å². The van der Waals surface area contributed by atoms with Crippen LogP contribution in [0.4, 0.5) is 0 Å². The predicted molar refractivity (Wildman–Crippen MR) is 238 cm³/mol. The highest BCUT2D eigenvalue weighted by Gasteiger charge is 2.44. The van der Waals surface area contributed by atoms with Gasteiger partial charge in [-0.05, 0) is 70.6 Å². The lowest BCUT2D eigenvalue weighted by Crippen LogP contribution is -2.59. The van der Waals surface area contributed by atoms with E-state index >= 15 is 0 Å². The molecule has 0 spiro atoms. The van der Waals surface area contributed by atoms with Crippen molar-refractivity contribution in [1.29, 1.82) is 0 Å². The molecule has 10 heteroatoms. The Morgan fingerprint density at radius 2 is 0.983 bits per heavy atom. The molecule has 6 unspecified atom stereocenters. The second kappa shape index (κ2) is 39.8. The van der Waals surface area contributed by atoms with Crippen molar-refractivity contribution in [2.45, 2.75) is 230 Å². The van der Waals surface area contributed by atoms with Crippen LogP contribution in [0.1, 0.15) is 194 Å². The average Bonchev–Trinajstić information content (AvgIpc) is 3.23. The maximum atomic E-state index is 12.8. The first kappa shape index (κ1) is 54.7. The maximum Gasteiger partial charge on any atom is 0.306 e. The lowest BCUT2D eigenvalue weighted by atomic mass is 9.99. The highest BCUT2D eigenvalue weighted by molar-refractivity contribution is 5.70. The van der Waals surface area contributed by atoms with Gasteiger partial charge < -0.3 is 39.4 Å². The molecule has 0 radical (unpaired) electrons. The normalized spacial score (nSPS) is 20.4. The molecular weight excluding hydrogens is 749 g/mol. The number of aliphatic hydroxyl groups excluding tert-OH is 4. The van der Waals surface area contributed by atoms with Crippen molar-refractivity contribution < 1.29 is 49.0 Å². The molecule has 1 fully saturated rings. The van der Waals surface area contributed by atoms with Crippen molar-refractivity contribution in [1.82, 2.24) is 0 Å². The molecule has 1 heterocycles. The van der Waals surface area contributed by atoms with Crippen molar-refractivity contribution in [2.75, 3.05) is 19.8 Å². The van der Waals surface area contributed by atoms with E-state index in [1.54, 1.807) is 0 Å². The zero-order valence-corrected chi connectivity index (χ0v) is 37.2. The summed E-state index contributed by atoms with van der Waals surface area (Å²) in [5.41, 5.74) is 0. The Labute approximate surface area is 358 Å². The molecule has 6 atom stereocenters. The molecule has 1 aliphatic heterocycles. The highest BCUT2D eigenvalue weighted by atomic mass is 16.7. The third-order valence-corrected chi connectivity index (χ3v) is 10.7. The molecule has 0 saturated carbocycles. The van der Waals surface area contributed by atoms with Gasteiger partial charge in [-0.15, -0.1) is 0 Å². The Morgan fingerprint density at radius 1 is 0.525 bits per heavy atom. The molecule has 0 aromatic heterocycles. The van der Waals surface area contributed by atoms with E-state index in [1.807, 2.05) is 0 Å². The Bertz CT molecular complexity index is 1100. The van der Waals surface area contributed by atoms with E-state index in [4.69, 9.17) is 18.9 Å². The summed E-state index contributed by atoms with van der Waals surface area (Å²) in [4.78, 5) is 25.3. The van der Waals surface area contributed by atoms with Crippen LogP contribution >= 0.6 is 0 Å². The minimum absolute atomic E-state index is 0.221. The molecule has 1 saturated heterocycles. The Hall–Kier alpha value is -2.34. The maximum absolute atomic E-state index is 12.8. The van der Waals surface area contributed by atoms with E-state index in [0.29, 0.717) is 12.8 Å². The van der Waals surface area contributed by atoms with Gasteiger partial charge in [0, 0.05) is 12.8 Å².